The normalized spacial score (nSPS) is 9.79. The second kappa shape index (κ2) is 5.07. The maximum Gasteiger partial charge on any atom is 0.418 e. The van der Waals surface area contributed by atoms with Crippen molar-refractivity contribution in [2.45, 2.75) is 0 Å². The highest BCUT2D eigenvalue weighted by atomic mass is 16.6. The van der Waals surface area contributed by atoms with Gasteiger partial charge in [-0.25, -0.2) is 0 Å². The first-order valence-electron chi connectivity index (χ1n) is 4.44. The van der Waals surface area contributed by atoms with Crippen molar-refractivity contribution in [1.82, 2.24) is 4.98 Å². The van der Waals surface area contributed by atoms with Gasteiger partial charge in [-0.15, -0.1) is 0 Å². The Morgan fingerprint density at radius 2 is 1.21 bits per heavy atom. The molecule has 102 valence electrons. The summed E-state index contributed by atoms with van der Waals surface area (Å²) < 4.78 is 9.06. The van der Waals surface area contributed by atoms with Gasteiger partial charge in [0.25, 0.3) is 0 Å². The van der Waals surface area contributed by atoms with Gasteiger partial charge < -0.3 is 29.7 Å². The van der Waals surface area contributed by atoms with E-state index in [9.17, 15) is 30.3 Å². The van der Waals surface area contributed by atoms with Crippen LogP contribution in [0.15, 0.2) is 0 Å². The van der Waals surface area contributed by atoms with Crippen molar-refractivity contribution in [3.8, 4) is 11.5 Å². The van der Waals surface area contributed by atoms with Crippen LogP contribution < -0.4 is 9.47 Å². The summed E-state index contributed by atoms with van der Waals surface area (Å²) >= 11 is 0. The number of pyridine rings is 1. The molecule has 12 heteroatoms. The molecule has 0 atom stereocenters. The summed E-state index contributed by atoms with van der Waals surface area (Å²) in [5, 5.41) is 32.3. The SMILES string of the molecule is COc1c([N+](=O)[O-])nc([N+](=O)[O-])c(OC)c1[N+](=O)[O-]. The molecule has 1 aromatic rings. The Labute approximate surface area is 104 Å². The Morgan fingerprint density at radius 1 is 0.842 bits per heavy atom. The second-order valence-electron chi connectivity index (χ2n) is 2.95. The van der Waals surface area contributed by atoms with E-state index in [4.69, 9.17) is 0 Å². The highest BCUT2D eigenvalue weighted by Gasteiger charge is 2.40. The van der Waals surface area contributed by atoms with Crippen LogP contribution in [-0.4, -0.2) is 34.0 Å². The lowest BCUT2D eigenvalue weighted by molar-refractivity contribution is -0.412. The van der Waals surface area contributed by atoms with Crippen LogP contribution in [0.5, 0.6) is 11.5 Å². The highest BCUT2D eigenvalue weighted by Crippen LogP contribution is 2.46. The fraction of sp³-hybridized carbons (Fsp3) is 0.286. The Balaban J connectivity index is 3.87. The first kappa shape index (κ1) is 14.0. The standard InChI is InChI=1S/C7H6N4O8/c1-18-4-3(9(12)13)5(19-2)7(11(16)17)8-6(4)10(14)15/h1-2H3. The molecule has 0 aromatic carbocycles. The van der Waals surface area contributed by atoms with Gasteiger partial charge in [-0.1, -0.05) is 0 Å². The lowest BCUT2D eigenvalue weighted by atomic mass is 10.3. The minimum absolute atomic E-state index is 0.822. The zero-order valence-corrected chi connectivity index (χ0v) is 9.55. The number of hydrogen-bond acceptors (Lipinski definition) is 9. The summed E-state index contributed by atoms with van der Waals surface area (Å²) in [4.78, 5) is 32.1. The number of methoxy groups -OCH3 is 2. The molecule has 0 bridgehead atoms. The summed E-state index contributed by atoms with van der Waals surface area (Å²) in [6.45, 7) is 0. The first-order valence-corrected chi connectivity index (χ1v) is 4.44. The van der Waals surface area contributed by atoms with E-state index in [1.165, 1.54) is 0 Å². The summed E-state index contributed by atoms with van der Waals surface area (Å²) in [5.41, 5.74) is -1.03. The number of ether oxygens (including phenoxy) is 2. The number of rotatable bonds is 5. The highest BCUT2D eigenvalue weighted by molar-refractivity contribution is 5.69. The van der Waals surface area contributed by atoms with Gasteiger partial charge in [0.15, 0.2) is 0 Å². The van der Waals surface area contributed by atoms with Crippen LogP contribution >= 0.6 is 0 Å². The zero-order valence-electron chi connectivity index (χ0n) is 9.55. The Bertz CT molecular complexity index is 530. The Morgan fingerprint density at radius 3 is 1.42 bits per heavy atom. The minimum atomic E-state index is -1.14. The van der Waals surface area contributed by atoms with Crippen LogP contribution in [-0.2, 0) is 0 Å². The number of aromatic nitrogens is 1. The molecule has 0 fully saturated rings. The molecule has 1 heterocycles. The van der Waals surface area contributed by atoms with Gasteiger partial charge in [-0.3, -0.25) is 10.1 Å². The molecule has 0 saturated heterocycles. The largest absolute Gasteiger partial charge is 0.484 e. The Hall–Kier alpha value is -3.05. The van der Waals surface area contributed by atoms with Crippen molar-refractivity contribution in [2.24, 2.45) is 0 Å². The van der Waals surface area contributed by atoms with Crippen molar-refractivity contribution in [3.63, 3.8) is 0 Å². The molecule has 0 saturated carbocycles. The van der Waals surface area contributed by atoms with Gasteiger partial charge in [0.05, 0.1) is 19.1 Å². The van der Waals surface area contributed by atoms with Crippen molar-refractivity contribution in [3.05, 3.63) is 30.3 Å². The van der Waals surface area contributed by atoms with Crippen molar-refractivity contribution < 1.29 is 24.2 Å². The van der Waals surface area contributed by atoms with E-state index in [1.54, 1.807) is 0 Å². The predicted octanol–water partition coefficient (Wildman–Crippen LogP) is 0.823. The summed E-state index contributed by atoms with van der Waals surface area (Å²) in [7, 11) is 1.87. The predicted molar refractivity (Wildman–Crippen MR) is 57.3 cm³/mol. The third kappa shape index (κ3) is 2.31. The fourth-order valence-electron chi connectivity index (χ4n) is 1.31. The molecule has 0 spiro atoms. The maximum atomic E-state index is 10.9. The van der Waals surface area contributed by atoms with Crippen LogP contribution in [0.2, 0.25) is 0 Å². The molecule has 0 amide bonds. The average Bonchev–Trinajstić information content (AvgIpc) is 2.35. The van der Waals surface area contributed by atoms with E-state index in [0.717, 1.165) is 14.2 Å². The van der Waals surface area contributed by atoms with Gasteiger partial charge in [-0.05, 0) is 9.85 Å². The number of nitrogens with zero attached hydrogens (tertiary/aromatic N) is 4. The Kier molecular flexibility index (Phi) is 3.74. The lowest BCUT2D eigenvalue weighted by Gasteiger charge is -2.07. The quantitative estimate of drug-likeness (QED) is 0.558. The molecule has 0 aliphatic rings. The van der Waals surface area contributed by atoms with Crippen LogP contribution in [0.4, 0.5) is 17.3 Å². The molecule has 0 aliphatic carbocycles. The van der Waals surface area contributed by atoms with Gasteiger partial charge in [-0.2, -0.15) is 0 Å². The number of nitro groups is 3. The molecule has 0 N–H and O–H groups in total. The average molecular weight is 274 g/mol. The molecule has 1 rings (SSSR count). The zero-order chi connectivity index (χ0) is 14.7. The summed E-state index contributed by atoms with van der Waals surface area (Å²) in [6, 6.07) is 0. The van der Waals surface area contributed by atoms with Crippen LogP contribution in [0.1, 0.15) is 0 Å². The topological polar surface area (TPSA) is 161 Å². The molecule has 0 unspecified atom stereocenters. The van der Waals surface area contributed by atoms with E-state index in [2.05, 4.69) is 14.5 Å². The molecule has 1 aromatic heterocycles. The minimum Gasteiger partial charge on any atom is -0.484 e. The molecule has 12 nitrogen and oxygen atoms in total. The van der Waals surface area contributed by atoms with Crippen LogP contribution in [0.3, 0.4) is 0 Å². The summed E-state index contributed by atoms with van der Waals surface area (Å²) in [6.07, 6.45) is 0. The van der Waals surface area contributed by atoms with Gasteiger partial charge in [0, 0.05) is 4.98 Å². The smallest absolute Gasteiger partial charge is 0.418 e. The van der Waals surface area contributed by atoms with E-state index >= 15 is 0 Å². The molecule has 19 heavy (non-hydrogen) atoms. The van der Waals surface area contributed by atoms with Gasteiger partial charge in [0.2, 0.25) is 0 Å². The molecular weight excluding hydrogens is 268 g/mol. The van der Waals surface area contributed by atoms with Crippen molar-refractivity contribution in [2.75, 3.05) is 14.2 Å². The first-order chi connectivity index (χ1) is 8.84. The van der Waals surface area contributed by atoms with E-state index in [-0.39, 0.29) is 0 Å². The second-order valence-corrected chi connectivity index (χ2v) is 2.95. The number of hydrogen-bond donors (Lipinski definition) is 0. The van der Waals surface area contributed by atoms with Gasteiger partial charge in [0.1, 0.15) is 0 Å². The fourth-order valence-corrected chi connectivity index (χ4v) is 1.31. The lowest BCUT2D eigenvalue weighted by Crippen LogP contribution is -2.07. The van der Waals surface area contributed by atoms with Crippen molar-refractivity contribution in [1.29, 1.82) is 0 Å². The van der Waals surface area contributed by atoms with Gasteiger partial charge >= 0.3 is 28.8 Å². The third-order valence-corrected chi connectivity index (χ3v) is 1.98. The van der Waals surface area contributed by atoms with Crippen LogP contribution in [0.25, 0.3) is 0 Å². The van der Waals surface area contributed by atoms with E-state index < -0.39 is 43.6 Å². The molecular formula is C7H6N4O8. The van der Waals surface area contributed by atoms with E-state index in [1.807, 2.05) is 0 Å². The third-order valence-electron chi connectivity index (χ3n) is 1.98. The van der Waals surface area contributed by atoms with Crippen molar-refractivity contribution >= 4 is 17.3 Å². The molecule has 0 radical (unpaired) electrons. The molecule has 0 aliphatic heterocycles. The summed E-state index contributed by atoms with van der Waals surface area (Å²) in [5.74, 6) is -3.92. The van der Waals surface area contributed by atoms with Crippen LogP contribution in [0, 0.1) is 30.3 Å². The monoisotopic (exact) mass is 274 g/mol. The maximum absolute atomic E-state index is 10.9. The van der Waals surface area contributed by atoms with E-state index in [0.29, 0.717) is 0 Å².